The number of benzene rings is 1. The number of nitrogens with two attached hydrogens (primary N) is 1. The molecule has 21 heavy (non-hydrogen) atoms. The smallest absolute Gasteiger partial charge is 0.128 e. The molecule has 0 aliphatic carbocycles. The van der Waals surface area contributed by atoms with Crippen LogP contribution in [-0.2, 0) is 13.0 Å². The van der Waals surface area contributed by atoms with E-state index in [9.17, 15) is 0 Å². The second kappa shape index (κ2) is 7.09. The second-order valence-electron chi connectivity index (χ2n) is 4.90. The number of pyridine rings is 1. The molecule has 0 fully saturated rings. The van der Waals surface area contributed by atoms with Crippen LogP contribution in [0.4, 0.5) is 5.82 Å². The van der Waals surface area contributed by atoms with Gasteiger partial charge in [0.15, 0.2) is 0 Å². The molecule has 1 aromatic carbocycles. The number of anilines is 1. The van der Waals surface area contributed by atoms with Crippen LogP contribution in [0.25, 0.3) is 11.3 Å². The van der Waals surface area contributed by atoms with Crippen molar-refractivity contribution in [1.29, 1.82) is 0 Å². The molecule has 0 amide bonds. The Morgan fingerprint density at radius 2 is 2.00 bits per heavy atom. The molecule has 0 atom stereocenters. The third-order valence-corrected chi connectivity index (χ3v) is 3.51. The largest absolute Gasteiger partial charge is 0.496 e. The normalized spacial score (nSPS) is 10.6. The molecule has 2 rings (SSSR count). The molecule has 0 radical (unpaired) electrons. The number of nitrogens with zero attached hydrogens (tertiary/aromatic N) is 1. The lowest BCUT2D eigenvalue weighted by Gasteiger charge is -2.15. The van der Waals surface area contributed by atoms with Gasteiger partial charge in [-0.15, -0.1) is 0 Å². The minimum atomic E-state index is 0.518. The molecule has 4 heteroatoms. The van der Waals surface area contributed by atoms with E-state index in [-0.39, 0.29) is 0 Å². The molecule has 0 aliphatic rings. The molecule has 1 aromatic heterocycles. The first-order valence-corrected chi connectivity index (χ1v) is 7.33. The summed E-state index contributed by atoms with van der Waals surface area (Å²) < 4.78 is 5.55. The molecule has 0 saturated carbocycles. The van der Waals surface area contributed by atoms with E-state index in [0.717, 1.165) is 36.5 Å². The van der Waals surface area contributed by atoms with Crippen LogP contribution in [-0.4, -0.2) is 18.6 Å². The maximum Gasteiger partial charge on any atom is 0.128 e. The molecular weight excluding hydrogens is 262 g/mol. The van der Waals surface area contributed by atoms with E-state index >= 15 is 0 Å². The average molecular weight is 285 g/mol. The summed E-state index contributed by atoms with van der Waals surface area (Å²) in [7, 11) is 1.69. The standard InChI is InChI=1S/C17H23N3O/c1-4-12-9-14(15-7-6-8-17(18)20-15)16(21-3)10-13(12)11-19-5-2/h6-10,19H,4-5,11H2,1-3H3,(H2,18,20). The number of aryl methyl sites for hydroxylation is 1. The molecule has 0 unspecified atom stereocenters. The highest BCUT2D eigenvalue weighted by Gasteiger charge is 2.12. The van der Waals surface area contributed by atoms with Gasteiger partial charge in [-0.2, -0.15) is 0 Å². The molecular formula is C17H23N3O. The zero-order chi connectivity index (χ0) is 15.2. The Morgan fingerprint density at radius 3 is 2.62 bits per heavy atom. The van der Waals surface area contributed by atoms with Gasteiger partial charge >= 0.3 is 0 Å². The molecule has 0 saturated heterocycles. The molecule has 0 bridgehead atoms. The number of nitrogen functional groups attached to an aromatic ring is 1. The van der Waals surface area contributed by atoms with Gasteiger partial charge in [0.05, 0.1) is 12.8 Å². The van der Waals surface area contributed by atoms with Gasteiger partial charge in [-0.1, -0.05) is 19.9 Å². The minimum Gasteiger partial charge on any atom is -0.496 e. The van der Waals surface area contributed by atoms with Gasteiger partial charge in [0.2, 0.25) is 0 Å². The van der Waals surface area contributed by atoms with Crippen molar-refractivity contribution in [3.8, 4) is 17.0 Å². The summed E-state index contributed by atoms with van der Waals surface area (Å²) in [4.78, 5) is 4.40. The molecule has 0 spiro atoms. The van der Waals surface area contributed by atoms with Crippen molar-refractivity contribution in [2.24, 2.45) is 0 Å². The van der Waals surface area contributed by atoms with Gasteiger partial charge in [0.25, 0.3) is 0 Å². The first kappa shape index (κ1) is 15.3. The molecule has 1 heterocycles. The van der Waals surface area contributed by atoms with Crippen molar-refractivity contribution in [1.82, 2.24) is 10.3 Å². The van der Waals surface area contributed by atoms with Gasteiger partial charge in [-0.25, -0.2) is 4.98 Å². The van der Waals surface area contributed by atoms with Crippen molar-refractivity contribution < 1.29 is 4.74 Å². The van der Waals surface area contributed by atoms with Gasteiger partial charge in [0, 0.05) is 12.1 Å². The third-order valence-electron chi connectivity index (χ3n) is 3.51. The van der Waals surface area contributed by atoms with E-state index in [1.165, 1.54) is 11.1 Å². The molecule has 3 N–H and O–H groups in total. The zero-order valence-electron chi connectivity index (χ0n) is 12.9. The number of methoxy groups -OCH3 is 1. The number of aromatic nitrogens is 1. The lowest BCUT2D eigenvalue weighted by atomic mass is 9.98. The predicted octanol–water partition coefficient (Wildman–Crippen LogP) is 3.01. The average Bonchev–Trinajstić information content (AvgIpc) is 2.52. The fourth-order valence-corrected chi connectivity index (χ4v) is 2.39. The number of hydrogen-bond donors (Lipinski definition) is 2. The van der Waals surface area contributed by atoms with Crippen LogP contribution in [0.5, 0.6) is 5.75 Å². The zero-order valence-corrected chi connectivity index (χ0v) is 12.9. The Labute approximate surface area is 126 Å². The topological polar surface area (TPSA) is 60.2 Å². The summed E-state index contributed by atoms with van der Waals surface area (Å²) in [6.07, 6.45) is 0.972. The number of nitrogens with one attached hydrogen (secondary N) is 1. The lowest BCUT2D eigenvalue weighted by Crippen LogP contribution is -2.13. The SMILES string of the molecule is CCNCc1cc(OC)c(-c2cccc(N)n2)cc1CC. The Bertz CT molecular complexity index is 611. The highest BCUT2D eigenvalue weighted by Crippen LogP contribution is 2.32. The first-order valence-electron chi connectivity index (χ1n) is 7.33. The molecule has 4 nitrogen and oxygen atoms in total. The fraction of sp³-hybridized carbons (Fsp3) is 0.353. The summed E-state index contributed by atoms with van der Waals surface area (Å²) in [5, 5.41) is 3.37. The van der Waals surface area contributed by atoms with Crippen LogP contribution in [0, 0.1) is 0 Å². The van der Waals surface area contributed by atoms with Crippen molar-refractivity contribution in [2.45, 2.75) is 26.8 Å². The van der Waals surface area contributed by atoms with Crippen molar-refractivity contribution in [2.75, 3.05) is 19.4 Å². The summed E-state index contributed by atoms with van der Waals surface area (Å²) >= 11 is 0. The van der Waals surface area contributed by atoms with Gasteiger partial charge < -0.3 is 15.8 Å². The van der Waals surface area contributed by atoms with Crippen LogP contribution in [0.2, 0.25) is 0 Å². The quantitative estimate of drug-likeness (QED) is 0.856. The number of rotatable bonds is 6. The minimum absolute atomic E-state index is 0.518. The predicted molar refractivity (Wildman–Crippen MR) is 87.4 cm³/mol. The van der Waals surface area contributed by atoms with Crippen molar-refractivity contribution >= 4 is 5.82 Å². The summed E-state index contributed by atoms with van der Waals surface area (Å²) in [6, 6.07) is 9.91. The highest BCUT2D eigenvalue weighted by atomic mass is 16.5. The maximum atomic E-state index is 5.79. The number of ether oxygens (including phenoxy) is 1. The van der Waals surface area contributed by atoms with E-state index in [1.54, 1.807) is 13.2 Å². The lowest BCUT2D eigenvalue weighted by molar-refractivity contribution is 0.415. The Kier molecular flexibility index (Phi) is 5.17. The summed E-state index contributed by atoms with van der Waals surface area (Å²) in [5.74, 6) is 1.35. The Hall–Kier alpha value is -2.07. The second-order valence-corrected chi connectivity index (χ2v) is 4.90. The Balaban J connectivity index is 2.50. The van der Waals surface area contributed by atoms with E-state index in [1.807, 2.05) is 12.1 Å². The maximum absolute atomic E-state index is 5.79. The van der Waals surface area contributed by atoms with Gasteiger partial charge in [-0.3, -0.25) is 0 Å². The van der Waals surface area contributed by atoms with Crippen LogP contribution in [0.1, 0.15) is 25.0 Å². The van der Waals surface area contributed by atoms with Crippen LogP contribution in [0.3, 0.4) is 0 Å². The summed E-state index contributed by atoms with van der Waals surface area (Å²) in [6.45, 7) is 6.06. The van der Waals surface area contributed by atoms with Crippen LogP contribution < -0.4 is 15.8 Å². The van der Waals surface area contributed by atoms with E-state index in [2.05, 4.69) is 36.3 Å². The van der Waals surface area contributed by atoms with Crippen LogP contribution in [0.15, 0.2) is 30.3 Å². The van der Waals surface area contributed by atoms with E-state index in [4.69, 9.17) is 10.5 Å². The monoisotopic (exact) mass is 285 g/mol. The molecule has 2 aromatic rings. The summed E-state index contributed by atoms with van der Waals surface area (Å²) in [5.41, 5.74) is 10.2. The molecule has 112 valence electrons. The van der Waals surface area contributed by atoms with Gasteiger partial charge in [0.1, 0.15) is 11.6 Å². The van der Waals surface area contributed by atoms with Crippen molar-refractivity contribution in [3.63, 3.8) is 0 Å². The highest BCUT2D eigenvalue weighted by molar-refractivity contribution is 5.70. The van der Waals surface area contributed by atoms with Gasteiger partial charge in [-0.05, 0) is 48.4 Å². The Morgan fingerprint density at radius 1 is 1.19 bits per heavy atom. The van der Waals surface area contributed by atoms with Crippen LogP contribution >= 0.6 is 0 Å². The fourth-order valence-electron chi connectivity index (χ4n) is 2.39. The third kappa shape index (κ3) is 3.52. The van der Waals surface area contributed by atoms with E-state index in [0.29, 0.717) is 5.82 Å². The van der Waals surface area contributed by atoms with E-state index < -0.39 is 0 Å². The van der Waals surface area contributed by atoms with Crippen molar-refractivity contribution in [3.05, 3.63) is 41.5 Å². The first-order chi connectivity index (χ1) is 10.2. The molecule has 0 aliphatic heterocycles. The number of hydrogen-bond acceptors (Lipinski definition) is 4.